The zero-order chi connectivity index (χ0) is 30.5. The van der Waals surface area contributed by atoms with E-state index < -0.39 is 17.5 Å². The van der Waals surface area contributed by atoms with Crippen LogP contribution in [0.1, 0.15) is 157 Å². The molecular formula is C37H54O5. The number of esters is 1. The molecular weight excluding hydrogens is 524 g/mol. The van der Waals surface area contributed by atoms with Crippen molar-refractivity contribution in [1.82, 2.24) is 0 Å². The Balaban J connectivity index is 1.36. The zero-order valence-corrected chi connectivity index (χ0v) is 26.7. The van der Waals surface area contributed by atoms with E-state index in [1.54, 1.807) is 13.0 Å². The quantitative estimate of drug-likeness (QED) is 0.0812. The van der Waals surface area contributed by atoms with Gasteiger partial charge in [-0.3, -0.25) is 14.4 Å². The number of carbonyl (C=O) groups is 3. The molecule has 5 heteroatoms. The molecule has 1 atom stereocenters. The molecule has 1 unspecified atom stereocenters. The van der Waals surface area contributed by atoms with E-state index >= 15 is 0 Å². The molecule has 5 nitrogen and oxygen atoms in total. The van der Waals surface area contributed by atoms with Crippen LogP contribution in [0.25, 0.3) is 5.76 Å². The van der Waals surface area contributed by atoms with E-state index in [-0.39, 0.29) is 29.3 Å². The molecule has 42 heavy (non-hydrogen) atoms. The van der Waals surface area contributed by atoms with Gasteiger partial charge in [0.2, 0.25) is 11.6 Å². The number of fused-ring (bicyclic) bond motifs is 3. The van der Waals surface area contributed by atoms with Crippen molar-refractivity contribution in [2.75, 3.05) is 6.61 Å². The highest BCUT2D eigenvalue weighted by atomic mass is 16.5. The van der Waals surface area contributed by atoms with Crippen LogP contribution in [0, 0.1) is 5.92 Å². The molecule has 0 aliphatic heterocycles. The van der Waals surface area contributed by atoms with E-state index in [1.807, 2.05) is 6.07 Å². The molecule has 1 N–H and O–H groups in total. The first-order valence-electron chi connectivity index (χ1n) is 16.7. The van der Waals surface area contributed by atoms with Crippen molar-refractivity contribution in [3.05, 3.63) is 52.1 Å². The van der Waals surface area contributed by atoms with Gasteiger partial charge in [-0.15, -0.1) is 0 Å². The lowest BCUT2D eigenvalue weighted by atomic mass is 9.69. The summed E-state index contributed by atoms with van der Waals surface area (Å²) in [5.74, 6) is -2.26. The van der Waals surface area contributed by atoms with Gasteiger partial charge in [-0.05, 0) is 67.9 Å². The fraction of sp³-hybridized carbons (Fsp3) is 0.649. The topological polar surface area (TPSA) is 80.7 Å². The van der Waals surface area contributed by atoms with Crippen LogP contribution in [0.4, 0.5) is 0 Å². The number of aliphatic hydroxyl groups is 1. The average Bonchev–Trinajstić information content (AvgIpc) is 2.96. The summed E-state index contributed by atoms with van der Waals surface area (Å²) in [6.07, 6.45) is 23.3. The fourth-order valence-corrected chi connectivity index (χ4v) is 6.50. The average molecular weight is 579 g/mol. The number of ether oxygens (including phenoxy) is 1. The van der Waals surface area contributed by atoms with E-state index in [0.29, 0.717) is 17.5 Å². The maximum Gasteiger partial charge on any atom is 0.305 e. The van der Waals surface area contributed by atoms with Crippen molar-refractivity contribution in [3.63, 3.8) is 0 Å². The largest absolute Gasteiger partial charge is 0.507 e. The highest BCUT2D eigenvalue weighted by Crippen LogP contribution is 2.42. The fourth-order valence-electron chi connectivity index (χ4n) is 6.50. The second-order valence-corrected chi connectivity index (χ2v) is 13.1. The highest BCUT2D eigenvalue weighted by molar-refractivity contribution is 6.52. The van der Waals surface area contributed by atoms with Crippen molar-refractivity contribution < 1.29 is 24.2 Å². The standard InChI is InChI=1S/C37H54O5/c1-5-6-7-8-9-10-11-12-13-14-15-16-17-18-19-22-31(38)42-26-27(2)32-34(39)29-23-24-30-28(21-20-25-37(30,3)4)33(29)36(41)35(32)40/h12-13,23-24,27,39H,5-11,14-22,25-26H2,1-4H3. The number of allylic oxidation sites excluding steroid dienone is 2. The minimum atomic E-state index is -0.683. The van der Waals surface area contributed by atoms with Gasteiger partial charge in [0.05, 0.1) is 12.2 Å². The Morgan fingerprint density at radius 2 is 1.55 bits per heavy atom. The van der Waals surface area contributed by atoms with Gasteiger partial charge in [-0.25, -0.2) is 0 Å². The van der Waals surface area contributed by atoms with E-state index in [2.05, 4.69) is 32.9 Å². The molecule has 0 aromatic heterocycles. The lowest BCUT2D eigenvalue weighted by Gasteiger charge is -2.35. The van der Waals surface area contributed by atoms with Gasteiger partial charge >= 0.3 is 5.97 Å². The van der Waals surface area contributed by atoms with Crippen molar-refractivity contribution in [2.45, 2.75) is 142 Å². The first kappa shape index (κ1) is 33.8. The molecule has 0 radical (unpaired) electrons. The predicted octanol–water partition coefficient (Wildman–Crippen LogP) is 9.55. The molecule has 0 saturated heterocycles. The number of aliphatic hydroxyl groups excluding tert-OH is 1. The Morgan fingerprint density at radius 3 is 2.21 bits per heavy atom. The Hall–Kier alpha value is -2.69. The molecule has 1 aromatic carbocycles. The van der Waals surface area contributed by atoms with Crippen molar-refractivity contribution in [3.8, 4) is 0 Å². The Morgan fingerprint density at radius 1 is 0.929 bits per heavy atom. The second-order valence-electron chi connectivity index (χ2n) is 13.1. The number of ketones is 2. The van der Waals surface area contributed by atoms with Gasteiger partial charge in [0.15, 0.2) is 0 Å². The van der Waals surface area contributed by atoms with Crippen molar-refractivity contribution >= 4 is 23.3 Å². The van der Waals surface area contributed by atoms with Crippen LogP contribution < -0.4 is 0 Å². The molecule has 2 aliphatic rings. The van der Waals surface area contributed by atoms with Crippen molar-refractivity contribution in [1.29, 1.82) is 0 Å². The van der Waals surface area contributed by atoms with Crippen LogP contribution >= 0.6 is 0 Å². The van der Waals surface area contributed by atoms with E-state index in [4.69, 9.17) is 4.74 Å². The summed E-state index contributed by atoms with van der Waals surface area (Å²) in [5.41, 5.74) is 2.75. The number of benzene rings is 1. The lowest BCUT2D eigenvalue weighted by molar-refractivity contribution is -0.144. The first-order chi connectivity index (χ1) is 20.2. The Kier molecular flexibility index (Phi) is 13.5. The third-order valence-corrected chi connectivity index (χ3v) is 9.09. The van der Waals surface area contributed by atoms with Gasteiger partial charge in [-0.1, -0.05) is 103 Å². The zero-order valence-electron chi connectivity index (χ0n) is 26.7. The number of hydrogen-bond acceptors (Lipinski definition) is 5. The second kappa shape index (κ2) is 16.8. The monoisotopic (exact) mass is 578 g/mol. The molecule has 2 aliphatic carbocycles. The normalized spacial score (nSPS) is 17.0. The van der Waals surface area contributed by atoms with Gasteiger partial charge in [-0.2, -0.15) is 0 Å². The van der Waals surface area contributed by atoms with Gasteiger partial charge in [0.25, 0.3) is 0 Å². The molecule has 0 saturated carbocycles. The first-order valence-corrected chi connectivity index (χ1v) is 16.7. The molecule has 0 amide bonds. The minimum absolute atomic E-state index is 0.0321. The molecule has 0 bridgehead atoms. The Labute approximate surface area is 254 Å². The van der Waals surface area contributed by atoms with Crippen LogP contribution in [0.15, 0.2) is 29.9 Å². The van der Waals surface area contributed by atoms with Crippen LogP contribution in [0.2, 0.25) is 0 Å². The smallest absolute Gasteiger partial charge is 0.305 e. The van der Waals surface area contributed by atoms with Crippen LogP contribution in [-0.4, -0.2) is 29.2 Å². The molecule has 3 rings (SSSR count). The van der Waals surface area contributed by atoms with Gasteiger partial charge in [0, 0.05) is 23.5 Å². The molecule has 0 fully saturated rings. The summed E-state index contributed by atoms with van der Waals surface area (Å²) in [6, 6.07) is 3.76. The van der Waals surface area contributed by atoms with Crippen LogP contribution in [0.5, 0.6) is 0 Å². The maximum absolute atomic E-state index is 13.3. The summed E-state index contributed by atoms with van der Waals surface area (Å²) in [4.78, 5) is 38.8. The summed E-state index contributed by atoms with van der Waals surface area (Å²) in [5, 5.41) is 11.1. The van der Waals surface area contributed by atoms with E-state index in [9.17, 15) is 19.5 Å². The lowest BCUT2D eigenvalue weighted by Crippen LogP contribution is -2.33. The SMILES string of the molecule is CCCCCCCCC=CCCCCCCCC(=O)OCC(C)C1=C(O)c2ccc3c(c2C(=O)C1=O)CCCC3(C)C. The minimum Gasteiger partial charge on any atom is -0.507 e. The number of hydrogen-bond donors (Lipinski definition) is 1. The number of unbranched alkanes of at least 4 members (excludes halogenated alkanes) is 11. The molecule has 232 valence electrons. The Bertz CT molecular complexity index is 1140. The third kappa shape index (κ3) is 9.15. The van der Waals surface area contributed by atoms with E-state index in [0.717, 1.165) is 56.1 Å². The molecule has 1 aromatic rings. The van der Waals surface area contributed by atoms with Crippen LogP contribution in [0.3, 0.4) is 0 Å². The summed E-state index contributed by atoms with van der Waals surface area (Å²) in [7, 11) is 0. The predicted molar refractivity (Wildman–Crippen MR) is 171 cm³/mol. The van der Waals surface area contributed by atoms with Gasteiger partial charge in [0.1, 0.15) is 5.76 Å². The maximum atomic E-state index is 13.3. The summed E-state index contributed by atoms with van der Waals surface area (Å²) >= 11 is 0. The van der Waals surface area contributed by atoms with Gasteiger partial charge < -0.3 is 9.84 Å². The summed E-state index contributed by atoms with van der Waals surface area (Å²) in [6.45, 7) is 8.25. The number of Topliss-reactive ketones (excluding diaryl/α,β-unsaturated/α-hetero) is 2. The molecule has 0 spiro atoms. The summed E-state index contributed by atoms with van der Waals surface area (Å²) < 4.78 is 5.46. The third-order valence-electron chi connectivity index (χ3n) is 9.09. The van der Waals surface area contributed by atoms with Crippen LogP contribution in [-0.2, 0) is 26.2 Å². The highest BCUT2D eigenvalue weighted by Gasteiger charge is 2.40. The van der Waals surface area contributed by atoms with Crippen molar-refractivity contribution in [2.24, 2.45) is 5.92 Å². The van der Waals surface area contributed by atoms with E-state index in [1.165, 1.54) is 57.8 Å². The molecule has 0 heterocycles. The number of carbonyl (C=O) groups excluding carboxylic acids is 3. The number of rotatable bonds is 18.